The van der Waals surface area contributed by atoms with Gasteiger partial charge in [0.05, 0.1) is 6.20 Å². The predicted octanol–water partition coefficient (Wildman–Crippen LogP) is 1.76. The average Bonchev–Trinajstić information content (AvgIpc) is 2.27. The molecular formula is C10H14ClFN2O2S. The van der Waals surface area contributed by atoms with E-state index in [-0.39, 0.29) is 16.9 Å². The molecule has 0 aliphatic carbocycles. The van der Waals surface area contributed by atoms with Crippen LogP contribution in [0, 0.1) is 11.2 Å². The lowest BCUT2D eigenvalue weighted by Gasteiger charge is -2.21. The first-order chi connectivity index (χ1) is 7.77. The standard InChI is InChI=1S/C10H14ClFN2O2S/c1-10(2,6-11)7-14-17(15,16)9-3-8(12)4-13-5-9/h3-5,14H,6-7H2,1-2H3. The van der Waals surface area contributed by atoms with Crippen molar-refractivity contribution in [3.8, 4) is 0 Å². The van der Waals surface area contributed by atoms with Crippen LogP contribution < -0.4 is 4.72 Å². The van der Waals surface area contributed by atoms with Gasteiger partial charge in [-0.05, 0) is 11.5 Å². The number of alkyl halides is 1. The fourth-order valence-corrected chi connectivity index (χ4v) is 2.27. The predicted molar refractivity (Wildman–Crippen MR) is 63.9 cm³/mol. The molecule has 0 spiro atoms. The summed E-state index contributed by atoms with van der Waals surface area (Å²) in [6.07, 6.45) is 2.04. The average molecular weight is 281 g/mol. The molecule has 0 unspecified atom stereocenters. The largest absolute Gasteiger partial charge is 0.260 e. The topological polar surface area (TPSA) is 59.1 Å². The van der Waals surface area contributed by atoms with Crippen LogP contribution >= 0.6 is 11.6 Å². The van der Waals surface area contributed by atoms with Crippen molar-refractivity contribution in [2.24, 2.45) is 5.41 Å². The number of nitrogens with zero attached hydrogens (tertiary/aromatic N) is 1. The Morgan fingerprint density at radius 3 is 2.65 bits per heavy atom. The van der Waals surface area contributed by atoms with E-state index in [1.807, 2.05) is 13.8 Å². The number of hydrogen-bond acceptors (Lipinski definition) is 3. The van der Waals surface area contributed by atoms with Crippen molar-refractivity contribution in [2.45, 2.75) is 18.7 Å². The number of halogens is 2. The summed E-state index contributed by atoms with van der Waals surface area (Å²) in [5.41, 5.74) is -0.366. The summed E-state index contributed by atoms with van der Waals surface area (Å²) in [7, 11) is -3.74. The van der Waals surface area contributed by atoms with Crippen LogP contribution in [0.25, 0.3) is 0 Å². The smallest absolute Gasteiger partial charge is 0.242 e. The van der Waals surface area contributed by atoms with Gasteiger partial charge in [0.1, 0.15) is 10.7 Å². The Kier molecular flexibility index (Phi) is 4.46. The minimum atomic E-state index is -3.74. The minimum absolute atomic E-state index is 0.176. The summed E-state index contributed by atoms with van der Waals surface area (Å²) in [5, 5.41) is 0. The van der Waals surface area contributed by atoms with Crippen LogP contribution in [0.3, 0.4) is 0 Å². The van der Waals surface area contributed by atoms with E-state index in [1.54, 1.807) is 0 Å². The zero-order valence-electron chi connectivity index (χ0n) is 9.57. The molecule has 0 amide bonds. The Hall–Kier alpha value is -0.720. The van der Waals surface area contributed by atoms with Crippen LogP contribution in [0.15, 0.2) is 23.4 Å². The molecule has 1 rings (SSSR count). The van der Waals surface area contributed by atoms with Gasteiger partial charge in [0.15, 0.2) is 0 Å². The fourth-order valence-electron chi connectivity index (χ4n) is 0.960. The highest BCUT2D eigenvalue weighted by atomic mass is 35.5. The Labute approximate surface area is 105 Å². The maximum atomic E-state index is 12.9. The van der Waals surface area contributed by atoms with Gasteiger partial charge in [-0.3, -0.25) is 4.98 Å². The third kappa shape index (κ3) is 4.22. The summed E-state index contributed by atoms with van der Waals surface area (Å²) in [4.78, 5) is 3.30. The van der Waals surface area contributed by atoms with Gasteiger partial charge >= 0.3 is 0 Å². The highest BCUT2D eigenvalue weighted by Crippen LogP contribution is 2.17. The van der Waals surface area contributed by atoms with Gasteiger partial charge < -0.3 is 0 Å². The zero-order chi connectivity index (χ0) is 13.1. The minimum Gasteiger partial charge on any atom is -0.260 e. The third-order valence-corrected chi connectivity index (χ3v) is 4.18. The van der Waals surface area contributed by atoms with E-state index in [4.69, 9.17) is 11.6 Å². The molecule has 0 atom stereocenters. The van der Waals surface area contributed by atoms with Gasteiger partial charge in [-0.15, -0.1) is 11.6 Å². The SMILES string of the molecule is CC(C)(CCl)CNS(=O)(=O)c1cncc(F)c1. The first-order valence-electron chi connectivity index (χ1n) is 4.93. The number of pyridine rings is 1. The highest BCUT2D eigenvalue weighted by Gasteiger charge is 2.22. The molecule has 0 aliphatic heterocycles. The third-order valence-electron chi connectivity index (χ3n) is 2.09. The Morgan fingerprint density at radius 2 is 2.12 bits per heavy atom. The number of rotatable bonds is 5. The molecule has 0 radical (unpaired) electrons. The normalized spacial score (nSPS) is 12.7. The molecular weight excluding hydrogens is 267 g/mol. The van der Waals surface area contributed by atoms with Crippen LogP contribution in [-0.2, 0) is 10.0 Å². The van der Waals surface area contributed by atoms with Crippen molar-refractivity contribution in [2.75, 3.05) is 12.4 Å². The number of hydrogen-bond donors (Lipinski definition) is 1. The summed E-state index contributed by atoms with van der Waals surface area (Å²) in [5.74, 6) is -0.374. The summed E-state index contributed by atoms with van der Waals surface area (Å²) in [6, 6.07) is 0.920. The van der Waals surface area contributed by atoms with Gasteiger partial charge in [-0.25, -0.2) is 17.5 Å². The number of sulfonamides is 1. The molecule has 96 valence electrons. The molecule has 1 aromatic heterocycles. The van der Waals surface area contributed by atoms with E-state index < -0.39 is 15.8 Å². The lowest BCUT2D eigenvalue weighted by Crippen LogP contribution is -2.35. The van der Waals surface area contributed by atoms with E-state index in [1.165, 1.54) is 0 Å². The van der Waals surface area contributed by atoms with Crippen molar-refractivity contribution in [1.82, 2.24) is 9.71 Å². The Bertz CT molecular complexity index is 491. The molecule has 7 heteroatoms. The summed E-state index contributed by atoms with van der Waals surface area (Å²) in [6.45, 7) is 3.83. The molecule has 1 heterocycles. The van der Waals surface area contributed by atoms with Crippen molar-refractivity contribution < 1.29 is 12.8 Å². The van der Waals surface area contributed by atoms with E-state index in [0.717, 1.165) is 18.5 Å². The Balaban J connectivity index is 2.83. The molecule has 0 aliphatic rings. The van der Waals surface area contributed by atoms with E-state index in [2.05, 4.69) is 9.71 Å². The van der Waals surface area contributed by atoms with Gasteiger partial charge in [-0.2, -0.15) is 0 Å². The van der Waals surface area contributed by atoms with E-state index in [9.17, 15) is 12.8 Å². The van der Waals surface area contributed by atoms with Crippen molar-refractivity contribution >= 4 is 21.6 Å². The first kappa shape index (κ1) is 14.3. The zero-order valence-corrected chi connectivity index (χ0v) is 11.1. The second-order valence-corrected chi connectivity index (χ2v) is 6.50. The molecule has 0 fully saturated rings. The van der Waals surface area contributed by atoms with Crippen LogP contribution in [0.5, 0.6) is 0 Å². The second-order valence-electron chi connectivity index (χ2n) is 4.46. The molecule has 0 bridgehead atoms. The Morgan fingerprint density at radius 1 is 1.47 bits per heavy atom. The molecule has 0 saturated carbocycles. The molecule has 0 aromatic carbocycles. The van der Waals surface area contributed by atoms with Crippen LogP contribution in [0.4, 0.5) is 4.39 Å². The number of aromatic nitrogens is 1. The van der Waals surface area contributed by atoms with E-state index >= 15 is 0 Å². The molecule has 0 saturated heterocycles. The summed E-state index contributed by atoms with van der Waals surface area (Å²) >= 11 is 5.69. The first-order valence-corrected chi connectivity index (χ1v) is 6.95. The lowest BCUT2D eigenvalue weighted by molar-refractivity contribution is 0.414. The fraction of sp³-hybridized carbons (Fsp3) is 0.500. The van der Waals surface area contributed by atoms with Crippen LogP contribution in [-0.4, -0.2) is 25.8 Å². The maximum Gasteiger partial charge on any atom is 0.242 e. The van der Waals surface area contributed by atoms with Crippen molar-refractivity contribution in [3.05, 3.63) is 24.3 Å². The van der Waals surface area contributed by atoms with Crippen LogP contribution in [0.2, 0.25) is 0 Å². The van der Waals surface area contributed by atoms with Crippen LogP contribution in [0.1, 0.15) is 13.8 Å². The lowest BCUT2D eigenvalue weighted by atomic mass is 9.97. The highest BCUT2D eigenvalue weighted by molar-refractivity contribution is 7.89. The molecule has 1 N–H and O–H groups in total. The van der Waals surface area contributed by atoms with Gasteiger partial charge in [-0.1, -0.05) is 13.8 Å². The van der Waals surface area contributed by atoms with Crippen molar-refractivity contribution in [1.29, 1.82) is 0 Å². The molecule has 17 heavy (non-hydrogen) atoms. The number of nitrogens with one attached hydrogen (secondary N) is 1. The van der Waals surface area contributed by atoms with Gasteiger partial charge in [0.25, 0.3) is 0 Å². The second kappa shape index (κ2) is 5.29. The monoisotopic (exact) mass is 280 g/mol. The summed E-state index contributed by atoms with van der Waals surface area (Å²) < 4.78 is 38.8. The van der Waals surface area contributed by atoms with Gasteiger partial charge in [0, 0.05) is 18.6 Å². The van der Waals surface area contributed by atoms with E-state index in [0.29, 0.717) is 5.88 Å². The van der Waals surface area contributed by atoms with Crippen molar-refractivity contribution in [3.63, 3.8) is 0 Å². The molecule has 4 nitrogen and oxygen atoms in total. The molecule has 1 aromatic rings. The quantitative estimate of drug-likeness (QED) is 0.836. The van der Waals surface area contributed by atoms with Gasteiger partial charge in [0.2, 0.25) is 10.0 Å². The maximum absolute atomic E-state index is 12.9.